The van der Waals surface area contributed by atoms with Crippen LogP contribution in [-0.4, -0.2) is 55.1 Å². The first-order valence-electron chi connectivity index (χ1n) is 6.84. The number of hydrogen-bond acceptors (Lipinski definition) is 4. The van der Waals surface area contributed by atoms with Crippen LogP contribution in [-0.2, 0) is 14.3 Å². The largest absolute Gasteiger partial charge is 0.377 e. The summed E-state index contributed by atoms with van der Waals surface area (Å²) in [6, 6.07) is -0.887. The Hall–Kier alpha value is -1.14. The van der Waals surface area contributed by atoms with Crippen LogP contribution >= 0.6 is 0 Å². The lowest BCUT2D eigenvalue weighted by molar-refractivity contribution is -0.151. The molecule has 2 amide bonds. The van der Waals surface area contributed by atoms with Crippen LogP contribution in [0.1, 0.15) is 26.7 Å². The van der Waals surface area contributed by atoms with Crippen molar-refractivity contribution < 1.29 is 14.3 Å². The molecule has 2 rings (SSSR count). The van der Waals surface area contributed by atoms with Crippen molar-refractivity contribution in [1.29, 1.82) is 0 Å². The molecule has 0 aromatic heterocycles. The number of primary amides is 1. The molecule has 0 spiro atoms. The van der Waals surface area contributed by atoms with Crippen LogP contribution in [0.2, 0.25) is 0 Å². The van der Waals surface area contributed by atoms with E-state index in [2.05, 4.69) is 19.2 Å². The predicted molar refractivity (Wildman–Crippen MR) is 70.3 cm³/mol. The number of hydrogen-bond donors (Lipinski definition) is 2. The Labute approximate surface area is 113 Å². The van der Waals surface area contributed by atoms with E-state index in [1.165, 1.54) is 0 Å². The summed E-state index contributed by atoms with van der Waals surface area (Å²) in [5.41, 5.74) is 5.26. The van der Waals surface area contributed by atoms with E-state index in [0.29, 0.717) is 13.2 Å². The van der Waals surface area contributed by atoms with Gasteiger partial charge in [-0.1, -0.05) is 13.8 Å². The predicted octanol–water partition coefficient (Wildman–Crippen LogP) is -0.523. The van der Waals surface area contributed by atoms with E-state index in [-0.39, 0.29) is 24.0 Å². The number of amides is 2. The third-order valence-corrected chi connectivity index (χ3v) is 4.11. The first-order valence-corrected chi connectivity index (χ1v) is 6.84. The molecule has 3 N–H and O–H groups in total. The van der Waals surface area contributed by atoms with E-state index in [1.54, 1.807) is 4.90 Å². The maximum Gasteiger partial charge on any atom is 0.242 e. The van der Waals surface area contributed by atoms with Gasteiger partial charge in [-0.3, -0.25) is 9.59 Å². The highest BCUT2D eigenvalue weighted by atomic mass is 16.5. The van der Waals surface area contributed by atoms with Gasteiger partial charge in [-0.15, -0.1) is 0 Å². The fraction of sp³-hybridized carbons (Fsp3) is 0.846. The SMILES string of the molecule is CC1(C)CCCNC1C(=O)N1CCOCC1C(N)=O. The molecule has 0 aliphatic carbocycles. The average Bonchev–Trinajstić information content (AvgIpc) is 2.37. The van der Waals surface area contributed by atoms with Crippen molar-refractivity contribution >= 4 is 11.8 Å². The van der Waals surface area contributed by atoms with E-state index in [9.17, 15) is 9.59 Å². The third kappa shape index (κ3) is 2.90. The minimum Gasteiger partial charge on any atom is -0.377 e. The quantitative estimate of drug-likeness (QED) is 0.706. The van der Waals surface area contributed by atoms with Crippen molar-refractivity contribution in [2.75, 3.05) is 26.3 Å². The maximum atomic E-state index is 12.7. The first kappa shape index (κ1) is 14.3. The van der Waals surface area contributed by atoms with Crippen LogP contribution < -0.4 is 11.1 Å². The Morgan fingerprint density at radius 3 is 2.79 bits per heavy atom. The zero-order chi connectivity index (χ0) is 14.0. The van der Waals surface area contributed by atoms with Crippen LogP contribution in [0.5, 0.6) is 0 Å². The summed E-state index contributed by atoms with van der Waals surface area (Å²) in [6.07, 6.45) is 2.07. The lowest BCUT2D eigenvalue weighted by Crippen LogP contribution is -2.63. The molecule has 108 valence electrons. The van der Waals surface area contributed by atoms with Crippen LogP contribution in [0.4, 0.5) is 0 Å². The monoisotopic (exact) mass is 269 g/mol. The van der Waals surface area contributed by atoms with Gasteiger partial charge in [0.25, 0.3) is 0 Å². The van der Waals surface area contributed by atoms with E-state index in [4.69, 9.17) is 10.5 Å². The van der Waals surface area contributed by atoms with Gasteiger partial charge in [0.1, 0.15) is 6.04 Å². The molecule has 2 saturated heterocycles. The Morgan fingerprint density at radius 1 is 1.42 bits per heavy atom. The van der Waals surface area contributed by atoms with E-state index < -0.39 is 11.9 Å². The van der Waals surface area contributed by atoms with Gasteiger partial charge in [-0.05, 0) is 24.8 Å². The molecule has 2 heterocycles. The first-order chi connectivity index (χ1) is 8.93. The van der Waals surface area contributed by atoms with Gasteiger partial charge in [0.2, 0.25) is 11.8 Å². The zero-order valence-corrected chi connectivity index (χ0v) is 11.6. The molecule has 0 radical (unpaired) electrons. The number of carbonyl (C=O) groups is 2. The molecule has 0 bridgehead atoms. The number of morpholine rings is 1. The van der Waals surface area contributed by atoms with E-state index in [1.807, 2.05) is 0 Å². The van der Waals surface area contributed by atoms with Crippen molar-refractivity contribution in [2.24, 2.45) is 11.1 Å². The topological polar surface area (TPSA) is 84.7 Å². The van der Waals surface area contributed by atoms with Gasteiger partial charge in [-0.2, -0.15) is 0 Å². The van der Waals surface area contributed by atoms with E-state index >= 15 is 0 Å². The van der Waals surface area contributed by atoms with Gasteiger partial charge < -0.3 is 20.7 Å². The number of nitrogens with two attached hydrogens (primary N) is 1. The minimum absolute atomic E-state index is 0.0307. The molecule has 2 atom stereocenters. The van der Waals surface area contributed by atoms with Crippen LogP contribution in [0, 0.1) is 5.41 Å². The van der Waals surface area contributed by atoms with Crippen molar-refractivity contribution in [2.45, 2.75) is 38.8 Å². The Balaban J connectivity index is 2.14. The number of piperidine rings is 1. The summed E-state index contributed by atoms with van der Waals surface area (Å²) in [5, 5.41) is 3.28. The molecule has 2 aliphatic heterocycles. The minimum atomic E-state index is -0.638. The standard InChI is InChI=1S/C13H23N3O3/c1-13(2)4-3-5-15-10(13)12(18)16-6-7-19-8-9(16)11(14)17/h9-10,15H,3-8H2,1-2H3,(H2,14,17). The third-order valence-electron chi connectivity index (χ3n) is 4.11. The second-order valence-electron chi connectivity index (χ2n) is 6.00. The van der Waals surface area contributed by atoms with E-state index in [0.717, 1.165) is 19.4 Å². The zero-order valence-electron chi connectivity index (χ0n) is 11.6. The van der Waals surface area contributed by atoms with Crippen molar-refractivity contribution in [3.8, 4) is 0 Å². The average molecular weight is 269 g/mol. The van der Waals surface area contributed by atoms with Crippen LogP contribution in [0.3, 0.4) is 0 Å². The lowest BCUT2D eigenvalue weighted by Gasteiger charge is -2.43. The summed E-state index contributed by atoms with van der Waals surface area (Å²) in [6.45, 7) is 6.10. The molecule has 6 nitrogen and oxygen atoms in total. The summed E-state index contributed by atoms with van der Waals surface area (Å²) in [7, 11) is 0. The molecule has 6 heteroatoms. The highest BCUT2D eigenvalue weighted by molar-refractivity contribution is 5.89. The number of carbonyl (C=O) groups excluding carboxylic acids is 2. The molecule has 2 aliphatic rings. The summed E-state index contributed by atoms with van der Waals surface area (Å²) in [5.74, 6) is -0.529. The second kappa shape index (κ2) is 5.46. The molecule has 2 unspecified atom stereocenters. The number of rotatable bonds is 2. The summed E-state index contributed by atoms with van der Waals surface area (Å²) in [4.78, 5) is 25.7. The Kier molecular flexibility index (Phi) is 4.10. The highest BCUT2D eigenvalue weighted by Gasteiger charge is 2.42. The number of nitrogens with one attached hydrogen (secondary N) is 1. The van der Waals surface area contributed by atoms with Crippen molar-refractivity contribution in [3.63, 3.8) is 0 Å². The summed E-state index contributed by atoms with van der Waals surface area (Å²) < 4.78 is 5.25. The van der Waals surface area contributed by atoms with Gasteiger partial charge in [0, 0.05) is 6.54 Å². The fourth-order valence-corrected chi connectivity index (χ4v) is 2.90. The number of nitrogens with zero attached hydrogens (tertiary/aromatic N) is 1. The van der Waals surface area contributed by atoms with Crippen molar-refractivity contribution in [1.82, 2.24) is 10.2 Å². The molecule has 0 aromatic carbocycles. The highest BCUT2D eigenvalue weighted by Crippen LogP contribution is 2.31. The van der Waals surface area contributed by atoms with Crippen molar-refractivity contribution in [3.05, 3.63) is 0 Å². The smallest absolute Gasteiger partial charge is 0.242 e. The molecule has 2 fully saturated rings. The molecule has 19 heavy (non-hydrogen) atoms. The van der Waals surface area contributed by atoms with Gasteiger partial charge in [0.15, 0.2) is 0 Å². The normalized spacial score (nSPS) is 30.9. The summed E-state index contributed by atoms with van der Waals surface area (Å²) >= 11 is 0. The lowest BCUT2D eigenvalue weighted by atomic mass is 9.77. The fourth-order valence-electron chi connectivity index (χ4n) is 2.90. The molecular formula is C13H23N3O3. The molecule has 0 saturated carbocycles. The number of ether oxygens (including phenoxy) is 1. The second-order valence-corrected chi connectivity index (χ2v) is 6.00. The van der Waals surface area contributed by atoms with Crippen LogP contribution in [0.25, 0.3) is 0 Å². The Morgan fingerprint density at radius 2 is 2.16 bits per heavy atom. The Bertz CT molecular complexity index is 370. The van der Waals surface area contributed by atoms with Crippen LogP contribution in [0.15, 0.2) is 0 Å². The van der Waals surface area contributed by atoms with Gasteiger partial charge in [-0.25, -0.2) is 0 Å². The molecule has 0 aromatic rings. The van der Waals surface area contributed by atoms with Gasteiger partial charge >= 0.3 is 0 Å². The van der Waals surface area contributed by atoms with Gasteiger partial charge in [0.05, 0.1) is 19.3 Å². The molecular weight excluding hydrogens is 246 g/mol. The maximum absolute atomic E-state index is 12.7.